The molecule has 6 rings (SSSR count). The van der Waals surface area contributed by atoms with Crippen molar-refractivity contribution in [3.05, 3.63) is 68.8 Å². The van der Waals surface area contributed by atoms with E-state index in [1.807, 2.05) is 0 Å². The lowest BCUT2D eigenvalue weighted by molar-refractivity contribution is -0.145. The first-order chi connectivity index (χ1) is 22.9. The SMILES string of the molecule is COC(=O)C[C@H]1CC2=C(C(=O)c3c(ccc(-c4ccc5c(c4OC)C(=O)C4=C(C[C@H](CC(=O)OC)O[C@@H]4C)C5=O)c3OC)C2=O)[C@@H](C)O1. The van der Waals surface area contributed by atoms with Gasteiger partial charge >= 0.3 is 11.9 Å². The smallest absolute Gasteiger partial charge is 0.308 e. The highest BCUT2D eigenvalue weighted by Gasteiger charge is 2.45. The van der Waals surface area contributed by atoms with Gasteiger partial charge in [-0.1, -0.05) is 0 Å². The lowest BCUT2D eigenvalue weighted by Gasteiger charge is -2.35. The molecule has 12 nitrogen and oxygen atoms in total. The standard InChI is InChI=1S/C36H34O12/c1-15-27-23(11-17(47-15)13-25(37)43-3)31(39)21-9-7-19(35(45-5)29(21)33(27)41)20-8-10-22-30(36(20)46-6)34(42)28-16(2)48-18(14-26(38)44-4)12-24(28)32(22)40/h7-10,15-18H,11-14H2,1-6H3/t15-,16-,17-,18-/m1/s1. The fraction of sp³-hybridized carbons (Fsp3) is 0.389. The Bertz CT molecular complexity index is 1740. The maximum absolute atomic E-state index is 14.1. The molecule has 0 aromatic heterocycles. The molecule has 0 unspecified atom stereocenters. The first kappa shape index (κ1) is 33.0. The quantitative estimate of drug-likeness (QED) is 0.391. The number of carbonyl (C=O) groups excluding carboxylic acids is 6. The number of fused-ring (bicyclic) bond motifs is 2. The third-order valence-electron chi connectivity index (χ3n) is 9.36. The Labute approximate surface area is 275 Å². The molecule has 0 spiro atoms. The van der Waals surface area contributed by atoms with Crippen LogP contribution in [0.2, 0.25) is 0 Å². The number of hydrogen-bond donors (Lipinski definition) is 0. The molecular formula is C36H34O12. The second kappa shape index (κ2) is 12.6. The van der Waals surface area contributed by atoms with Gasteiger partial charge in [0, 0.05) is 57.4 Å². The number of rotatable bonds is 7. The van der Waals surface area contributed by atoms with Gasteiger partial charge in [0.1, 0.15) is 11.5 Å². The molecular weight excluding hydrogens is 624 g/mol. The Morgan fingerprint density at radius 2 is 0.958 bits per heavy atom. The van der Waals surface area contributed by atoms with Crippen LogP contribution in [0.1, 0.15) is 81.0 Å². The van der Waals surface area contributed by atoms with Crippen molar-refractivity contribution in [1.29, 1.82) is 0 Å². The monoisotopic (exact) mass is 658 g/mol. The van der Waals surface area contributed by atoms with Crippen LogP contribution in [0, 0.1) is 0 Å². The molecule has 12 heteroatoms. The summed E-state index contributed by atoms with van der Waals surface area (Å²) >= 11 is 0. The van der Waals surface area contributed by atoms with Gasteiger partial charge in [-0.15, -0.1) is 0 Å². The van der Waals surface area contributed by atoms with Gasteiger partial charge in [-0.05, 0) is 38.1 Å². The molecule has 2 aromatic carbocycles. The van der Waals surface area contributed by atoms with Gasteiger partial charge in [-0.25, -0.2) is 0 Å². The summed E-state index contributed by atoms with van der Waals surface area (Å²) in [7, 11) is 5.28. The molecule has 0 fully saturated rings. The highest BCUT2D eigenvalue weighted by atomic mass is 16.5. The number of ether oxygens (including phenoxy) is 6. The van der Waals surface area contributed by atoms with Gasteiger partial charge in [0.25, 0.3) is 0 Å². The van der Waals surface area contributed by atoms with E-state index in [0.717, 1.165) is 0 Å². The van der Waals surface area contributed by atoms with Crippen LogP contribution in [-0.4, -0.2) is 87.9 Å². The second-order valence-electron chi connectivity index (χ2n) is 12.0. The molecule has 0 N–H and O–H groups in total. The van der Waals surface area contributed by atoms with E-state index in [4.69, 9.17) is 28.4 Å². The molecule has 0 radical (unpaired) electrons. The van der Waals surface area contributed by atoms with Gasteiger partial charge in [0.05, 0.1) is 76.8 Å². The normalized spacial score (nSPS) is 23.2. The van der Waals surface area contributed by atoms with Crippen LogP contribution < -0.4 is 9.47 Å². The molecule has 2 heterocycles. The molecule has 2 aromatic rings. The van der Waals surface area contributed by atoms with Crippen molar-refractivity contribution in [1.82, 2.24) is 0 Å². The van der Waals surface area contributed by atoms with Crippen LogP contribution >= 0.6 is 0 Å². The zero-order chi connectivity index (χ0) is 34.6. The maximum atomic E-state index is 14.1. The van der Waals surface area contributed by atoms with Crippen molar-refractivity contribution >= 4 is 35.1 Å². The van der Waals surface area contributed by atoms with Crippen molar-refractivity contribution in [2.75, 3.05) is 28.4 Å². The lowest BCUT2D eigenvalue weighted by atomic mass is 9.75. The van der Waals surface area contributed by atoms with Crippen LogP contribution in [0.4, 0.5) is 0 Å². The molecule has 250 valence electrons. The fourth-order valence-corrected chi connectivity index (χ4v) is 7.27. The molecule has 0 amide bonds. The van der Waals surface area contributed by atoms with Crippen molar-refractivity contribution in [3.8, 4) is 22.6 Å². The van der Waals surface area contributed by atoms with Crippen molar-refractivity contribution in [2.45, 2.75) is 63.9 Å². The first-order valence-corrected chi connectivity index (χ1v) is 15.5. The topological polar surface area (TPSA) is 158 Å². The zero-order valence-electron chi connectivity index (χ0n) is 27.3. The summed E-state index contributed by atoms with van der Waals surface area (Å²) in [6.45, 7) is 3.30. The summed E-state index contributed by atoms with van der Waals surface area (Å²) in [4.78, 5) is 79.7. The Morgan fingerprint density at radius 1 is 0.604 bits per heavy atom. The van der Waals surface area contributed by atoms with E-state index >= 15 is 0 Å². The lowest BCUT2D eigenvalue weighted by Crippen LogP contribution is -2.38. The van der Waals surface area contributed by atoms with E-state index < -0.39 is 47.9 Å². The summed E-state index contributed by atoms with van der Waals surface area (Å²) in [6.07, 6.45) is -2.80. The average Bonchev–Trinajstić information content (AvgIpc) is 3.07. The second-order valence-corrected chi connectivity index (χ2v) is 12.0. The van der Waals surface area contributed by atoms with Crippen molar-refractivity contribution in [2.24, 2.45) is 0 Å². The van der Waals surface area contributed by atoms with Crippen LogP contribution in [0.3, 0.4) is 0 Å². The molecule has 0 saturated heterocycles. The Morgan fingerprint density at radius 3 is 1.29 bits per heavy atom. The molecule has 0 saturated carbocycles. The summed E-state index contributed by atoms with van der Waals surface area (Å²) in [5.74, 6) is -2.43. The summed E-state index contributed by atoms with van der Waals surface area (Å²) in [6, 6.07) is 6.27. The van der Waals surface area contributed by atoms with E-state index in [1.165, 1.54) is 40.6 Å². The van der Waals surface area contributed by atoms with E-state index in [-0.39, 0.29) is 93.3 Å². The van der Waals surface area contributed by atoms with Gasteiger partial charge in [0.15, 0.2) is 23.1 Å². The van der Waals surface area contributed by atoms with E-state index in [0.29, 0.717) is 11.1 Å². The van der Waals surface area contributed by atoms with Gasteiger partial charge in [0.2, 0.25) is 0 Å². The third kappa shape index (κ3) is 5.15. The van der Waals surface area contributed by atoms with E-state index in [1.54, 1.807) is 26.0 Å². The minimum Gasteiger partial charge on any atom is -0.495 e. The molecule has 48 heavy (non-hydrogen) atoms. The summed E-state index contributed by atoms with van der Waals surface area (Å²) in [5, 5.41) is 0. The van der Waals surface area contributed by atoms with Gasteiger partial charge in [-0.2, -0.15) is 0 Å². The molecule has 4 atom stereocenters. The van der Waals surface area contributed by atoms with E-state index in [9.17, 15) is 28.8 Å². The first-order valence-electron chi connectivity index (χ1n) is 15.5. The van der Waals surface area contributed by atoms with Crippen LogP contribution in [-0.2, 0) is 28.5 Å². The van der Waals surface area contributed by atoms with Gasteiger partial charge in [-0.3, -0.25) is 28.8 Å². The number of carbonyl (C=O) groups is 6. The maximum Gasteiger partial charge on any atom is 0.308 e. The molecule has 2 aliphatic heterocycles. The predicted octanol–water partition coefficient (Wildman–Crippen LogP) is 4.20. The largest absolute Gasteiger partial charge is 0.495 e. The van der Waals surface area contributed by atoms with Crippen LogP contribution in [0.25, 0.3) is 11.1 Å². The zero-order valence-corrected chi connectivity index (χ0v) is 27.3. The molecule has 0 bridgehead atoms. The van der Waals surface area contributed by atoms with Crippen molar-refractivity contribution < 1.29 is 57.2 Å². The van der Waals surface area contributed by atoms with Crippen LogP contribution in [0.5, 0.6) is 11.5 Å². The van der Waals surface area contributed by atoms with Crippen molar-refractivity contribution in [3.63, 3.8) is 0 Å². The average molecular weight is 659 g/mol. The number of ketones is 4. The molecule has 2 aliphatic carbocycles. The summed E-state index contributed by atoms with van der Waals surface area (Å²) in [5.41, 5.74) is 2.03. The highest BCUT2D eigenvalue weighted by Crippen LogP contribution is 2.48. The number of benzene rings is 2. The fourth-order valence-electron chi connectivity index (χ4n) is 7.27. The minimum atomic E-state index is -0.780. The molecule has 4 aliphatic rings. The minimum absolute atomic E-state index is 0.0405. The predicted molar refractivity (Wildman–Crippen MR) is 168 cm³/mol. The Hall–Kier alpha value is -4.94. The summed E-state index contributed by atoms with van der Waals surface area (Å²) < 4.78 is 33.0. The third-order valence-corrected chi connectivity index (χ3v) is 9.36. The van der Waals surface area contributed by atoms with Gasteiger partial charge < -0.3 is 28.4 Å². The van der Waals surface area contributed by atoms with E-state index in [2.05, 4.69) is 0 Å². The number of hydrogen-bond acceptors (Lipinski definition) is 12. The number of methoxy groups -OCH3 is 4. The Kier molecular flexibility index (Phi) is 8.65. The van der Waals surface area contributed by atoms with Crippen LogP contribution in [0.15, 0.2) is 46.6 Å². The Balaban J connectivity index is 1.43. The number of esters is 2. The highest BCUT2D eigenvalue weighted by molar-refractivity contribution is 6.30. The number of Topliss-reactive ketones (excluding diaryl/α,β-unsaturated/α-hetero) is 4.